The number of benzene rings is 1. The first kappa shape index (κ1) is 17.3. The SMILES string of the molecule is CC.Cn1c(=O)n(C2CCC(=O)NC2=O)c2cc3c(cc21)NCCC3.[HH]. The second-order valence-corrected chi connectivity index (χ2v) is 6.21. The maximum atomic E-state index is 12.7. The molecule has 0 spiro atoms. The minimum Gasteiger partial charge on any atom is -0.385 e. The van der Waals surface area contributed by atoms with Crippen molar-refractivity contribution in [2.75, 3.05) is 11.9 Å². The maximum absolute atomic E-state index is 12.7. The molecule has 2 aliphatic rings. The fourth-order valence-electron chi connectivity index (χ4n) is 3.55. The van der Waals surface area contributed by atoms with Crippen molar-refractivity contribution in [1.29, 1.82) is 0 Å². The monoisotopic (exact) mass is 346 g/mol. The highest BCUT2D eigenvalue weighted by molar-refractivity contribution is 6.00. The van der Waals surface area contributed by atoms with Crippen LogP contribution in [-0.2, 0) is 23.1 Å². The third-order valence-electron chi connectivity index (χ3n) is 4.77. The van der Waals surface area contributed by atoms with Gasteiger partial charge in [0, 0.05) is 27.1 Å². The number of fused-ring (bicyclic) bond motifs is 2. The van der Waals surface area contributed by atoms with Crippen LogP contribution in [0, 0.1) is 0 Å². The maximum Gasteiger partial charge on any atom is 0.329 e. The van der Waals surface area contributed by atoms with Gasteiger partial charge in [-0.25, -0.2) is 4.79 Å². The molecule has 25 heavy (non-hydrogen) atoms. The second-order valence-electron chi connectivity index (χ2n) is 6.21. The van der Waals surface area contributed by atoms with Crippen molar-refractivity contribution in [2.24, 2.45) is 7.05 Å². The van der Waals surface area contributed by atoms with Gasteiger partial charge in [-0.15, -0.1) is 0 Å². The Balaban J connectivity index is 0.000000784. The molecular formula is C18H26N4O3. The lowest BCUT2D eigenvalue weighted by atomic mass is 10.0. The van der Waals surface area contributed by atoms with Gasteiger partial charge in [0.2, 0.25) is 11.8 Å². The van der Waals surface area contributed by atoms with Crippen molar-refractivity contribution in [3.63, 3.8) is 0 Å². The zero-order valence-electron chi connectivity index (χ0n) is 14.9. The number of carbonyl (C=O) groups is 2. The van der Waals surface area contributed by atoms with Gasteiger partial charge in [0.25, 0.3) is 0 Å². The molecule has 2 aromatic rings. The van der Waals surface area contributed by atoms with Crippen LogP contribution in [0.15, 0.2) is 16.9 Å². The van der Waals surface area contributed by atoms with Gasteiger partial charge in [-0.3, -0.25) is 24.0 Å². The first-order valence-electron chi connectivity index (χ1n) is 8.87. The van der Waals surface area contributed by atoms with Gasteiger partial charge in [-0.2, -0.15) is 0 Å². The molecule has 0 aliphatic carbocycles. The van der Waals surface area contributed by atoms with Crippen molar-refractivity contribution in [3.8, 4) is 0 Å². The quantitative estimate of drug-likeness (QED) is 0.773. The molecule has 1 atom stereocenters. The summed E-state index contributed by atoms with van der Waals surface area (Å²) in [5.41, 5.74) is 3.55. The Hall–Kier alpha value is -2.57. The molecule has 0 radical (unpaired) electrons. The van der Waals surface area contributed by atoms with Gasteiger partial charge >= 0.3 is 5.69 Å². The molecule has 2 aliphatic heterocycles. The van der Waals surface area contributed by atoms with Crippen LogP contribution in [0.2, 0.25) is 0 Å². The highest BCUT2D eigenvalue weighted by Gasteiger charge is 2.31. The zero-order chi connectivity index (χ0) is 18.1. The Labute approximate surface area is 147 Å². The lowest BCUT2D eigenvalue weighted by molar-refractivity contribution is -0.135. The molecule has 4 rings (SSSR count). The number of amides is 2. The van der Waals surface area contributed by atoms with Gasteiger partial charge < -0.3 is 5.32 Å². The predicted molar refractivity (Wildman–Crippen MR) is 98.9 cm³/mol. The van der Waals surface area contributed by atoms with Crippen molar-refractivity contribution in [1.82, 2.24) is 14.5 Å². The average molecular weight is 346 g/mol. The smallest absolute Gasteiger partial charge is 0.329 e. The van der Waals surface area contributed by atoms with E-state index < -0.39 is 11.9 Å². The van der Waals surface area contributed by atoms with E-state index in [1.165, 1.54) is 4.57 Å². The summed E-state index contributed by atoms with van der Waals surface area (Å²) in [6, 6.07) is 3.36. The van der Waals surface area contributed by atoms with Gasteiger partial charge in [-0.1, -0.05) is 13.8 Å². The number of hydrogen-bond acceptors (Lipinski definition) is 4. The summed E-state index contributed by atoms with van der Waals surface area (Å²) in [4.78, 5) is 36.2. The Morgan fingerprint density at radius 3 is 2.60 bits per heavy atom. The molecule has 3 heterocycles. The van der Waals surface area contributed by atoms with Crippen LogP contribution >= 0.6 is 0 Å². The second kappa shape index (κ2) is 6.74. The third-order valence-corrected chi connectivity index (χ3v) is 4.77. The van der Waals surface area contributed by atoms with E-state index in [4.69, 9.17) is 0 Å². The number of carbonyl (C=O) groups excluding carboxylic acids is 2. The standard InChI is InChI=1S/C16H18N4O3.C2H6.H2/c1-19-12-8-10-9(3-2-6-17-10)7-13(12)20(16(19)23)11-4-5-14(21)18-15(11)22;1-2;/h7-8,11,17H,2-6H2,1H3,(H,18,21,22);1-2H3;1H. The fourth-order valence-corrected chi connectivity index (χ4v) is 3.55. The molecule has 136 valence electrons. The normalized spacial score (nSPS) is 19.6. The van der Waals surface area contributed by atoms with Crippen LogP contribution < -0.4 is 16.3 Å². The van der Waals surface area contributed by atoms with Crippen LogP contribution in [-0.4, -0.2) is 27.5 Å². The van der Waals surface area contributed by atoms with Crippen LogP contribution in [0.3, 0.4) is 0 Å². The van der Waals surface area contributed by atoms with E-state index in [1.54, 1.807) is 11.6 Å². The summed E-state index contributed by atoms with van der Waals surface area (Å²) in [5.74, 6) is -0.673. The summed E-state index contributed by atoms with van der Waals surface area (Å²) in [6.45, 7) is 4.93. The van der Waals surface area contributed by atoms with Crippen molar-refractivity contribution in [3.05, 3.63) is 28.2 Å². The summed E-state index contributed by atoms with van der Waals surface area (Å²) in [7, 11) is 1.71. The number of imidazole rings is 1. The molecule has 2 N–H and O–H groups in total. The zero-order valence-corrected chi connectivity index (χ0v) is 14.9. The summed E-state index contributed by atoms with van der Waals surface area (Å²) in [6.07, 6.45) is 2.62. The molecule has 0 bridgehead atoms. The minimum absolute atomic E-state index is 0. The Kier molecular flexibility index (Phi) is 4.65. The highest BCUT2D eigenvalue weighted by Crippen LogP contribution is 2.30. The molecule has 1 aromatic heterocycles. The highest BCUT2D eigenvalue weighted by atomic mass is 16.2. The van der Waals surface area contributed by atoms with E-state index in [-0.39, 0.29) is 19.4 Å². The molecule has 1 unspecified atom stereocenters. The van der Waals surface area contributed by atoms with Gasteiger partial charge in [0.15, 0.2) is 0 Å². The predicted octanol–water partition coefficient (Wildman–Crippen LogP) is 1.95. The van der Waals surface area contributed by atoms with Gasteiger partial charge in [0.1, 0.15) is 6.04 Å². The number of nitrogens with zero attached hydrogens (tertiary/aromatic N) is 2. The summed E-state index contributed by atoms with van der Waals surface area (Å²) >= 11 is 0. The number of nitrogens with one attached hydrogen (secondary N) is 2. The number of hydrogen-bond donors (Lipinski definition) is 2. The Morgan fingerprint density at radius 2 is 1.88 bits per heavy atom. The number of aromatic nitrogens is 2. The van der Waals surface area contributed by atoms with Crippen LogP contribution in [0.4, 0.5) is 5.69 Å². The van der Waals surface area contributed by atoms with Crippen molar-refractivity contribution in [2.45, 2.75) is 45.6 Å². The average Bonchev–Trinajstić information content (AvgIpc) is 2.86. The molecular weight excluding hydrogens is 320 g/mol. The lowest BCUT2D eigenvalue weighted by Gasteiger charge is -2.23. The number of imide groups is 1. The first-order chi connectivity index (χ1) is 12.1. The van der Waals surface area contributed by atoms with E-state index in [2.05, 4.69) is 10.6 Å². The molecule has 7 heteroatoms. The molecule has 1 saturated heterocycles. The number of aryl methyl sites for hydroxylation is 2. The fraction of sp³-hybridized carbons (Fsp3) is 0.500. The summed E-state index contributed by atoms with van der Waals surface area (Å²) in [5, 5.41) is 5.69. The van der Waals surface area contributed by atoms with Gasteiger partial charge in [0.05, 0.1) is 11.0 Å². The Morgan fingerprint density at radius 1 is 1.12 bits per heavy atom. The van der Waals surface area contributed by atoms with Crippen molar-refractivity contribution < 1.29 is 11.0 Å². The van der Waals surface area contributed by atoms with Gasteiger partial charge in [-0.05, 0) is 37.0 Å². The van der Waals surface area contributed by atoms with Crippen LogP contribution in [0.1, 0.15) is 46.1 Å². The van der Waals surface area contributed by atoms with E-state index in [0.29, 0.717) is 6.42 Å². The topological polar surface area (TPSA) is 85.1 Å². The number of rotatable bonds is 1. The van der Waals surface area contributed by atoms with E-state index >= 15 is 0 Å². The van der Waals surface area contributed by atoms with Crippen LogP contribution in [0.25, 0.3) is 11.0 Å². The van der Waals surface area contributed by atoms with E-state index in [0.717, 1.165) is 41.7 Å². The summed E-state index contributed by atoms with van der Waals surface area (Å²) < 4.78 is 3.10. The third kappa shape index (κ3) is 2.83. The molecule has 2 amide bonds. The Bertz CT molecular complexity index is 900. The van der Waals surface area contributed by atoms with E-state index in [1.807, 2.05) is 26.0 Å². The molecule has 7 nitrogen and oxygen atoms in total. The molecule has 0 saturated carbocycles. The van der Waals surface area contributed by atoms with Crippen molar-refractivity contribution >= 4 is 28.5 Å². The largest absolute Gasteiger partial charge is 0.385 e. The minimum atomic E-state index is -0.626. The number of anilines is 1. The first-order valence-corrected chi connectivity index (χ1v) is 8.87. The number of piperidine rings is 1. The lowest BCUT2D eigenvalue weighted by Crippen LogP contribution is -2.44. The molecule has 1 aromatic carbocycles. The molecule has 1 fully saturated rings. The van der Waals surface area contributed by atoms with Crippen LogP contribution in [0.5, 0.6) is 0 Å². The van der Waals surface area contributed by atoms with E-state index in [9.17, 15) is 14.4 Å².